The molecule has 0 spiro atoms. The molecule has 16 heteroatoms. The second-order valence-corrected chi connectivity index (χ2v) is 15.1. The van der Waals surface area contributed by atoms with E-state index in [4.69, 9.17) is 14.6 Å². The van der Waals surface area contributed by atoms with Crippen molar-refractivity contribution < 1.29 is 43.3 Å². The van der Waals surface area contributed by atoms with Crippen molar-refractivity contribution in [3.8, 4) is 0 Å². The number of hydrogen-bond acceptors (Lipinski definition) is 14. The first-order valence-corrected chi connectivity index (χ1v) is 17.6. The van der Waals surface area contributed by atoms with E-state index < -0.39 is 11.6 Å². The highest BCUT2D eigenvalue weighted by molar-refractivity contribution is 5.87. The van der Waals surface area contributed by atoms with Crippen molar-refractivity contribution in [2.45, 2.75) is 86.0 Å². The molecule has 1 aromatic heterocycles. The standard InChI is InChI=1S/C26H43N7O6.C5H10O2.C5H12O/c1-5-30-8-10-31(16-17-34)11-13-32(14-15-33(12-9-30)20-24(36)39-26(2,3)4)19-23(35)29-28-22-7-6-21(18-27-22)25(37)38;1-5(2,3)7-4-6;1-5(2,3)6-4/h6-7,17-18H,5,8-16,19-20H2,1-4H3,(H,27,28)(H,29,35)(H,37,38);4H,1-3H3;1-4H3. The number of anilines is 1. The van der Waals surface area contributed by atoms with Gasteiger partial charge >= 0.3 is 11.9 Å². The summed E-state index contributed by atoms with van der Waals surface area (Å²) in [6.45, 7) is 26.2. The number of carbonyl (C=O) groups excluding carboxylic acids is 4. The number of hydrogen-bond donors (Lipinski definition) is 3. The second-order valence-electron chi connectivity index (χ2n) is 15.1. The molecule has 2 heterocycles. The summed E-state index contributed by atoms with van der Waals surface area (Å²) in [5, 5.41) is 8.99. The number of carboxylic acid groups (broad SMARTS) is 1. The smallest absolute Gasteiger partial charge is 0.337 e. The second kappa shape index (κ2) is 24.5. The van der Waals surface area contributed by atoms with Crippen LogP contribution in [0.2, 0.25) is 0 Å². The minimum absolute atomic E-state index is 0.0417. The van der Waals surface area contributed by atoms with Crippen molar-refractivity contribution in [3.63, 3.8) is 0 Å². The van der Waals surface area contributed by atoms with Gasteiger partial charge in [-0.25, -0.2) is 9.78 Å². The molecule has 0 aromatic carbocycles. The summed E-state index contributed by atoms with van der Waals surface area (Å²) in [6, 6.07) is 2.85. The Morgan fingerprint density at radius 2 is 1.29 bits per heavy atom. The number of amides is 1. The van der Waals surface area contributed by atoms with Crippen LogP contribution in [0.5, 0.6) is 0 Å². The molecule has 1 amide bonds. The van der Waals surface area contributed by atoms with Gasteiger partial charge in [0.1, 0.15) is 23.3 Å². The van der Waals surface area contributed by atoms with Gasteiger partial charge in [-0.1, -0.05) is 6.92 Å². The zero-order valence-electron chi connectivity index (χ0n) is 33.3. The van der Waals surface area contributed by atoms with E-state index >= 15 is 0 Å². The molecule has 1 aliphatic rings. The van der Waals surface area contributed by atoms with Crippen LogP contribution >= 0.6 is 0 Å². The quantitative estimate of drug-likeness (QED) is 0.171. The highest BCUT2D eigenvalue weighted by Gasteiger charge is 2.22. The Labute approximate surface area is 310 Å². The van der Waals surface area contributed by atoms with Gasteiger partial charge in [-0.2, -0.15) is 0 Å². The maximum absolute atomic E-state index is 12.7. The van der Waals surface area contributed by atoms with Crippen LogP contribution in [-0.2, 0) is 33.4 Å². The summed E-state index contributed by atoms with van der Waals surface area (Å²) in [5.41, 5.74) is 4.50. The average molecular weight is 740 g/mol. The summed E-state index contributed by atoms with van der Waals surface area (Å²) in [6.07, 6.45) is 2.10. The fraction of sp³-hybridized carbons (Fsp3) is 0.722. The molecule has 3 N–H and O–H groups in total. The molecule has 1 saturated heterocycles. The molecule has 16 nitrogen and oxygen atoms in total. The number of hydrazine groups is 1. The Morgan fingerprint density at radius 3 is 1.65 bits per heavy atom. The Kier molecular flexibility index (Phi) is 22.8. The molecule has 52 heavy (non-hydrogen) atoms. The fourth-order valence-electron chi connectivity index (χ4n) is 4.17. The van der Waals surface area contributed by atoms with Crippen LogP contribution < -0.4 is 10.9 Å². The molecular formula is C36H65N7O9. The summed E-state index contributed by atoms with van der Waals surface area (Å²) < 4.78 is 15.0. The topological polar surface area (TPSA) is 183 Å². The van der Waals surface area contributed by atoms with E-state index in [2.05, 4.69) is 42.2 Å². The van der Waals surface area contributed by atoms with E-state index in [0.29, 0.717) is 51.6 Å². The number of nitrogens with one attached hydrogen (secondary N) is 2. The molecule has 298 valence electrons. The highest BCUT2D eigenvalue weighted by atomic mass is 16.6. The van der Waals surface area contributed by atoms with Crippen molar-refractivity contribution in [1.82, 2.24) is 30.0 Å². The third-order valence-corrected chi connectivity index (χ3v) is 7.20. The minimum Gasteiger partial charge on any atom is -0.478 e. The molecule has 0 unspecified atom stereocenters. The molecular weight excluding hydrogens is 674 g/mol. The van der Waals surface area contributed by atoms with Gasteiger partial charge in [0.2, 0.25) is 0 Å². The largest absolute Gasteiger partial charge is 0.478 e. The lowest BCUT2D eigenvalue weighted by atomic mass is 10.2. The van der Waals surface area contributed by atoms with Crippen molar-refractivity contribution in [3.05, 3.63) is 23.9 Å². The maximum Gasteiger partial charge on any atom is 0.337 e. The third-order valence-electron chi connectivity index (χ3n) is 7.20. The Hall–Kier alpha value is -3.70. The number of aldehydes is 1. The van der Waals surface area contributed by atoms with E-state index in [9.17, 15) is 24.0 Å². The van der Waals surface area contributed by atoms with Crippen LogP contribution in [0, 0.1) is 0 Å². The van der Waals surface area contributed by atoms with E-state index in [-0.39, 0.29) is 41.7 Å². The molecule has 2 rings (SSSR count). The van der Waals surface area contributed by atoms with Crippen molar-refractivity contribution in [2.75, 3.05) is 91.1 Å². The van der Waals surface area contributed by atoms with Gasteiger partial charge in [0, 0.05) is 65.7 Å². The van der Waals surface area contributed by atoms with Crippen molar-refractivity contribution in [2.24, 2.45) is 0 Å². The first-order valence-electron chi connectivity index (χ1n) is 17.6. The number of carbonyl (C=O) groups is 5. The number of nitrogens with zero attached hydrogens (tertiary/aromatic N) is 5. The van der Waals surface area contributed by atoms with Gasteiger partial charge in [0.05, 0.1) is 30.8 Å². The average Bonchev–Trinajstić information content (AvgIpc) is 3.03. The number of carboxylic acids is 1. The van der Waals surface area contributed by atoms with E-state index in [1.807, 2.05) is 67.2 Å². The number of aromatic carboxylic acids is 1. The lowest BCUT2D eigenvalue weighted by Crippen LogP contribution is -2.49. The van der Waals surface area contributed by atoms with Crippen molar-refractivity contribution >= 4 is 36.4 Å². The summed E-state index contributed by atoms with van der Waals surface area (Å²) >= 11 is 0. The van der Waals surface area contributed by atoms with Crippen LogP contribution in [0.25, 0.3) is 0 Å². The van der Waals surface area contributed by atoms with Gasteiger partial charge in [-0.05, 0) is 81.0 Å². The summed E-state index contributed by atoms with van der Waals surface area (Å²) in [5.74, 6) is -1.36. The van der Waals surface area contributed by atoms with Crippen LogP contribution in [-0.4, -0.2) is 163 Å². The minimum atomic E-state index is -1.08. The van der Waals surface area contributed by atoms with Crippen LogP contribution in [0.4, 0.5) is 5.82 Å². The number of likely N-dealkylation sites (N-methyl/N-ethyl adjacent to an activating group) is 1. The monoisotopic (exact) mass is 739 g/mol. The number of methoxy groups -OCH3 is 1. The lowest BCUT2D eigenvalue weighted by Gasteiger charge is -2.33. The van der Waals surface area contributed by atoms with Gasteiger partial charge < -0.3 is 29.0 Å². The number of pyridine rings is 1. The van der Waals surface area contributed by atoms with Crippen LogP contribution in [0.15, 0.2) is 18.3 Å². The molecule has 0 bridgehead atoms. The zero-order valence-corrected chi connectivity index (χ0v) is 33.3. The number of rotatable bonds is 11. The molecule has 0 atom stereocenters. The first-order chi connectivity index (χ1) is 24.1. The molecule has 0 radical (unpaired) electrons. The predicted octanol–water partition coefficient (Wildman–Crippen LogP) is 2.39. The van der Waals surface area contributed by atoms with Gasteiger partial charge in [0.25, 0.3) is 12.4 Å². The van der Waals surface area contributed by atoms with E-state index in [0.717, 1.165) is 32.5 Å². The SMILES string of the molecule is CC(C)(C)OC=O.CCN1CCN(CC=O)CCN(CC(=O)NNc2ccc(C(=O)O)cn2)CCN(CC(=O)OC(C)(C)C)CC1.COC(C)(C)C. The molecule has 0 aliphatic carbocycles. The Bertz CT molecular complexity index is 1200. The number of aromatic nitrogens is 1. The van der Waals surface area contributed by atoms with Gasteiger partial charge in [0.15, 0.2) is 0 Å². The van der Waals surface area contributed by atoms with E-state index in [1.54, 1.807) is 7.11 Å². The first kappa shape index (κ1) is 48.3. The number of esters is 1. The third kappa shape index (κ3) is 26.1. The zero-order chi connectivity index (χ0) is 40.0. The fourth-order valence-corrected chi connectivity index (χ4v) is 4.17. The molecule has 0 saturated carbocycles. The summed E-state index contributed by atoms with van der Waals surface area (Å²) in [4.78, 5) is 69.5. The van der Waals surface area contributed by atoms with Gasteiger partial charge in [-0.15, -0.1) is 0 Å². The maximum atomic E-state index is 12.7. The van der Waals surface area contributed by atoms with Gasteiger partial charge in [-0.3, -0.25) is 39.9 Å². The van der Waals surface area contributed by atoms with Crippen LogP contribution in [0.1, 0.15) is 79.6 Å². The highest BCUT2D eigenvalue weighted by Crippen LogP contribution is 2.09. The van der Waals surface area contributed by atoms with Crippen LogP contribution in [0.3, 0.4) is 0 Å². The number of ether oxygens (including phenoxy) is 3. The van der Waals surface area contributed by atoms with Crippen molar-refractivity contribution in [1.29, 1.82) is 0 Å². The van der Waals surface area contributed by atoms with E-state index in [1.165, 1.54) is 18.3 Å². The Balaban J connectivity index is 0.00000169. The molecule has 1 aromatic rings. The summed E-state index contributed by atoms with van der Waals surface area (Å²) in [7, 11) is 1.71. The predicted molar refractivity (Wildman–Crippen MR) is 200 cm³/mol. The molecule has 1 aliphatic heterocycles. The normalized spacial score (nSPS) is 15.9. The Morgan fingerprint density at radius 1 is 0.788 bits per heavy atom. The molecule has 1 fully saturated rings. The lowest BCUT2D eigenvalue weighted by molar-refractivity contribution is -0.156.